The highest BCUT2D eigenvalue weighted by Crippen LogP contribution is 2.17. The molecule has 4 nitrogen and oxygen atoms in total. The van der Waals surface area contributed by atoms with Gasteiger partial charge < -0.3 is 10.2 Å². The van der Waals surface area contributed by atoms with Crippen molar-refractivity contribution in [3.63, 3.8) is 0 Å². The lowest BCUT2D eigenvalue weighted by molar-refractivity contribution is 0.607. The molecule has 0 bridgehead atoms. The zero-order valence-corrected chi connectivity index (χ0v) is 12.6. The average molecular weight is 294 g/mol. The Morgan fingerprint density at radius 1 is 1.45 bits per heavy atom. The molecule has 0 amide bonds. The lowest BCUT2D eigenvalue weighted by Crippen LogP contribution is -2.23. The number of likely N-dealkylation sites (N-methyl/N-ethyl adjacent to an activating group) is 1. The highest BCUT2D eigenvalue weighted by molar-refractivity contribution is 7.09. The molecule has 0 aliphatic carbocycles. The molecule has 0 fully saturated rings. The van der Waals surface area contributed by atoms with Crippen molar-refractivity contribution in [2.75, 3.05) is 30.4 Å². The van der Waals surface area contributed by atoms with Gasteiger partial charge in [-0.1, -0.05) is 13.0 Å². The second kappa shape index (κ2) is 7.19. The van der Waals surface area contributed by atoms with Crippen LogP contribution in [0.2, 0.25) is 0 Å². The topological polar surface area (TPSA) is 41.1 Å². The van der Waals surface area contributed by atoms with Crippen molar-refractivity contribution in [2.45, 2.75) is 19.8 Å². The molecule has 2 aromatic rings. The highest BCUT2D eigenvalue weighted by Gasteiger charge is 2.11. The Kier molecular flexibility index (Phi) is 5.29. The Morgan fingerprint density at radius 2 is 2.30 bits per heavy atom. The van der Waals surface area contributed by atoms with Crippen LogP contribution in [0, 0.1) is 5.82 Å². The summed E-state index contributed by atoms with van der Waals surface area (Å²) in [5.74, 6) is 0.433. The van der Waals surface area contributed by atoms with Crippen molar-refractivity contribution in [3.05, 3.63) is 34.4 Å². The zero-order valence-electron chi connectivity index (χ0n) is 11.8. The second-order valence-electron chi connectivity index (χ2n) is 4.54. The lowest BCUT2D eigenvalue weighted by Gasteiger charge is -2.18. The maximum Gasteiger partial charge on any atom is 0.224 e. The van der Waals surface area contributed by atoms with Crippen LogP contribution in [0.4, 0.5) is 16.2 Å². The van der Waals surface area contributed by atoms with Crippen LogP contribution in [-0.2, 0) is 6.42 Å². The van der Waals surface area contributed by atoms with E-state index in [0.717, 1.165) is 25.9 Å². The van der Waals surface area contributed by atoms with E-state index in [-0.39, 0.29) is 5.82 Å². The van der Waals surface area contributed by atoms with E-state index in [4.69, 9.17) is 0 Å². The molecule has 0 atom stereocenters. The minimum Gasteiger partial charge on any atom is -0.357 e. The van der Waals surface area contributed by atoms with E-state index in [9.17, 15) is 4.39 Å². The number of nitrogens with zero attached hydrogens (tertiary/aromatic N) is 3. The van der Waals surface area contributed by atoms with Crippen LogP contribution in [0.15, 0.2) is 23.7 Å². The number of nitrogens with one attached hydrogen (secondary N) is 1. The summed E-state index contributed by atoms with van der Waals surface area (Å²) in [6, 6.07) is 4.11. The van der Waals surface area contributed by atoms with Crippen LogP contribution >= 0.6 is 11.3 Å². The van der Waals surface area contributed by atoms with Gasteiger partial charge in [0.2, 0.25) is 5.95 Å². The molecule has 0 aliphatic rings. The van der Waals surface area contributed by atoms with Gasteiger partial charge in [-0.2, -0.15) is 4.98 Å². The van der Waals surface area contributed by atoms with E-state index in [2.05, 4.69) is 28.3 Å². The summed E-state index contributed by atoms with van der Waals surface area (Å²) in [5.41, 5.74) is 0. The molecule has 6 heteroatoms. The van der Waals surface area contributed by atoms with Crippen molar-refractivity contribution < 1.29 is 4.39 Å². The number of rotatable bonds is 7. The zero-order chi connectivity index (χ0) is 14.4. The van der Waals surface area contributed by atoms with Crippen molar-refractivity contribution >= 4 is 23.1 Å². The van der Waals surface area contributed by atoms with Crippen LogP contribution in [0.5, 0.6) is 0 Å². The van der Waals surface area contributed by atoms with Gasteiger partial charge in [0.1, 0.15) is 0 Å². The SMILES string of the molecule is CCCNc1ncc(F)c(N(C)CCc2cccs2)n1. The highest BCUT2D eigenvalue weighted by atomic mass is 32.1. The van der Waals surface area contributed by atoms with Gasteiger partial charge in [0.15, 0.2) is 11.6 Å². The average Bonchev–Trinajstić information content (AvgIpc) is 2.97. The summed E-state index contributed by atoms with van der Waals surface area (Å²) in [5, 5.41) is 5.12. The van der Waals surface area contributed by atoms with Gasteiger partial charge in [-0.25, -0.2) is 9.37 Å². The van der Waals surface area contributed by atoms with Gasteiger partial charge in [0.05, 0.1) is 6.20 Å². The molecule has 2 heterocycles. The van der Waals surface area contributed by atoms with Gasteiger partial charge in [-0.3, -0.25) is 0 Å². The third-order valence-corrected chi connectivity index (χ3v) is 3.83. The molecule has 0 aromatic carbocycles. The lowest BCUT2D eigenvalue weighted by atomic mass is 10.3. The Hall–Kier alpha value is -1.69. The van der Waals surface area contributed by atoms with Crippen LogP contribution in [0.1, 0.15) is 18.2 Å². The molecule has 2 rings (SSSR count). The van der Waals surface area contributed by atoms with Crippen molar-refractivity contribution in [1.29, 1.82) is 0 Å². The summed E-state index contributed by atoms with van der Waals surface area (Å²) in [6.07, 6.45) is 3.08. The largest absolute Gasteiger partial charge is 0.357 e. The first-order valence-corrected chi connectivity index (χ1v) is 7.58. The standard InChI is InChI=1S/C14H19FN4S/c1-3-7-16-14-17-10-12(15)13(18-14)19(2)8-6-11-5-4-9-20-11/h4-5,9-10H,3,6-8H2,1-2H3,(H,16,17,18). The summed E-state index contributed by atoms with van der Waals surface area (Å²) in [4.78, 5) is 11.3. The van der Waals surface area contributed by atoms with E-state index in [1.165, 1.54) is 11.1 Å². The molecule has 0 spiro atoms. The quantitative estimate of drug-likeness (QED) is 0.851. The third kappa shape index (κ3) is 3.90. The monoisotopic (exact) mass is 294 g/mol. The predicted octanol–water partition coefficient (Wildman–Crippen LogP) is 3.18. The molecule has 0 unspecified atom stereocenters. The van der Waals surface area contributed by atoms with Gasteiger partial charge >= 0.3 is 0 Å². The van der Waals surface area contributed by atoms with Crippen LogP contribution < -0.4 is 10.2 Å². The first kappa shape index (κ1) is 14.7. The van der Waals surface area contributed by atoms with Gasteiger partial charge in [0.25, 0.3) is 0 Å². The van der Waals surface area contributed by atoms with E-state index in [1.807, 2.05) is 23.4 Å². The first-order chi connectivity index (χ1) is 9.70. The van der Waals surface area contributed by atoms with Crippen molar-refractivity contribution in [2.24, 2.45) is 0 Å². The summed E-state index contributed by atoms with van der Waals surface area (Å²) in [7, 11) is 1.85. The number of anilines is 2. The molecule has 20 heavy (non-hydrogen) atoms. The fourth-order valence-corrected chi connectivity index (χ4v) is 2.48. The third-order valence-electron chi connectivity index (χ3n) is 2.89. The number of thiophene rings is 1. The summed E-state index contributed by atoms with van der Waals surface area (Å²) >= 11 is 1.71. The first-order valence-electron chi connectivity index (χ1n) is 6.70. The molecule has 2 aromatic heterocycles. The van der Waals surface area contributed by atoms with E-state index in [1.54, 1.807) is 11.3 Å². The van der Waals surface area contributed by atoms with E-state index in [0.29, 0.717) is 11.8 Å². The molecule has 0 radical (unpaired) electrons. The number of hydrogen-bond donors (Lipinski definition) is 1. The summed E-state index contributed by atoms with van der Waals surface area (Å²) in [6.45, 7) is 3.57. The second-order valence-corrected chi connectivity index (χ2v) is 5.58. The predicted molar refractivity (Wildman–Crippen MR) is 82.1 cm³/mol. The van der Waals surface area contributed by atoms with Crippen LogP contribution in [0.3, 0.4) is 0 Å². The Bertz CT molecular complexity index is 530. The van der Waals surface area contributed by atoms with Gasteiger partial charge in [-0.15, -0.1) is 11.3 Å². The van der Waals surface area contributed by atoms with Crippen molar-refractivity contribution in [1.82, 2.24) is 9.97 Å². The Morgan fingerprint density at radius 3 is 3.00 bits per heavy atom. The smallest absolute Gasteiger partial charge is 0.224 e. The number of aromatic nitrogens is 2. The maximum atomic E-state index is 13.8. The van der Waals surface area contributed by atoms with E-state index < -0.39 is 0 Å². The molecule has 108 valence electrons. The molecular weight excluding hydrogens is 275 g/mol. The summed E-state index contributed by atoms with van der Waals surface area (Å²) < 4.78 is 13.8. The Labute approximate surface area is 122 Å². The molecule has 1 N–H and O–H groups in total. The minimum atomic E-state index is -0.388. The fourth-order valence-electron chi connectivity index (χ4n) is 1.79. The van der Waals surface area contributed by atoms with Gasteiger partial charge in [-0.05, 0) is 24.3 Å². The molecule has 0 saturated carbocycles. The van der Waals surface area contributed by atoms with Gasteiger partial charge in [0, 0.05) is 25.0 Å². The van der Waals surface area contributed by atoms with Crippen LogP contribution in [-0.4, -0.2) is 30.1 Å². The molecule has 0 saturated heterocycles. The fraction of sp³-hybridized carbons (Fsp3) is 0.429. The minimum absolute atomic E-state index is 0.343. The molecular formula is C14H19FN4S. The number of halogens is 1. The van der Waals surface area contributed by atoms with E-state index >= 15 is 0 Å². The van der Waals surface area contributed by atoms with Crippen molar-refractivity contribution in [3.8, 4) is 0 Å². The Balaban J connectivity index is 2.01. The van der Waals surface area contributed by atoms with Crippen LogP contribution in [0.25, 0.3) is 0 Å². The maximum absolute atomic E-state index is 13.8. The normalized spacial score (nSPS) is 10.6. The number of hydrogen-bond acceptors (Lipinski definition) is 5. The molecule has 0 aliphatic heterocycles.